The van der Waals surface area contributed by atoms with Crippen molar-refractivity contribution in [2.24, 2.45) is 0 Å². The van der Waals surface area contributed by atoms with Crippen molar-refractivity contribution in [1.29, 1.82) is 0 Å². The molecule has 9 heteroatoms. The van der Waals surface area contributed by atoms with Gasteiger partial charge < -0.3 is 10.1 Å². The van der Waals surface area contributed by atoms with E-state index in [1.54, 1.807) is 18.2 Å². The van der Waals surface area contributed by atoms with Crippen LogP contribution in [0.3, 0.4) is 0 Å². The van der Waals surface area contributed by atoms with Crippen LogP contribution in [0.2, 0.25) is 10.0 Å². The summed E-state index contributed by atoms with van der Waals surface area (Å²) in [6, 6.07) is 11.1. The topological polar surface area (TPSA) is 75.7 Å². The molecule has 0 aromatic heterocycles. The minimum Gasteiger partial charge on any atom is -0.379 e. The second-order valence-electron chi connectivity index (χ2n) is 6.41. The van der Waals surface area contributed by atoms with E-state index in [0.717, 1.165) is 5.56 Å². The van der Waals surface area contributed by atoms with Crippen molar-refractivity contribution >= 4 is 39.1 Å². The number of amides is 1. The summed E-state index contributed by atoms with van der Waals surface area (Å²) in [5.41, 5.74) is 1.06. The normalized spacial score (nSPS) is 16.5. The summed E-state index contributed by atoms with van der Waals surface area (Å²) < 4.78 is 32.3. The summed E-state index contributed by atoms with van der Waals surface area (Å²) in [5, 5.41) is 3.50. The van der Waals surface area contributed by atoms with E-state index in [4.69, 9.17) is 27.9 Å². The predicted octanol–water partition coefficient (Wildman–Crippen LogP) is 3.51. The Labute approximate surface area is 174 Å². The third kappa shape index (κ3) is 4.67. The molecule has 1 aliphatic rings. The van der Waals surface area contributed by atoms with Crippen LogP contribution in [0.25, 0.3) is 0 Å². The molecule has 1 saturated heterocycles. The van der Waals surface area contributed by atoms with Gasteiger partial charge in [-0.25, -0.2) is 8.42 Å². The highest BCUT2D eigenvalue weighted by molar-refractivity contribution is 7.89. The molecule has 1 heterocycles. The van der Waals surface area contributed by atoms with Crippen LogP contribution in [0.4, 0.5) is 0 Å². The molecule has 150 valence electrons. The van der Waals surface area contributed by atoms with Gasteiger partial charge in [0.15, 0.2) is 0 Å². The Balaban J connectivity index is 1.83. The zero-order valence-electron chi connectivity index (χ0n) is 15.2. The first-order valence-electron chi connectivity index (χ1n) is 8.73. The number of carbonyl (C=O) groups excluding carboxylic acids is 1. The summed E-state index contributed by atoms with van der Waals surface area (Å²) >= 11 is 12.1. The standard InChI is InChI=1S/C19H20Cl2N2O4S/c1-13(14-3-2-4-16(20)11-14)22-19(24)15-5-6-17(21)18(12-15)28(25,26)23-7-9-27-10-8-23/h2-6,11-13H,7-10H2,1H3,(H,22,24)/t13-/m0/s1. The van der Waals surface area contributed by atoms with Gasteiger partial charge in [0.25, 0.3) is 5.91 Å². The van der Waals surface area contributed by atoms with Crippen molar-refractivity contribution in [2.45, 2.75) is 17.9 Å². The first kappa shape index (κ1) is 21.1. The molecule has 2 aromatic rings. The quantitative estimate of drug-likeness (QED) is 0.768. The number of nitrogens with zero attached hydrogens (tertiary/aromatic N) is 1. The van der Waals surface area contributed by atoms with Gasteiger partial charge in [0.2, 0.25) is 10.0 Å². The number of carbonyl (C=O) groups is 1. The number of sulfonamides is 1. The molecule has 0 saturated carbocycles. The van der Waals surface area contributed by atoms with Crippen molar-refractivity contribution in [2.75, 3.05) is 26.3 Å². The maximum absolute atomic E-state index is 12.9. The fraction of sp³-hybridized carbons (Fsp3) is 0.316. The molecular formula is C19H20Cl2N2O4S. The van der Waals surface area contributed by atoms with Gasteiger partial charge in [-0.15, -0.1) is 0 Å². The van der Waals surface area contributed by atoms with Gasteiger partial charge in [-0.3, -0.25) is 4.79 Å². The van der Waals surface area contributed by atoms with Crippen LogP contribution < -0.4 is 5.32 Å². The van der Waals surface area contributed by atoms with Crippen LogP contribution in [0.15, 0.2) is 47.4 Å². The number of rotatable bonds is 5. The van der Waals surface area contributed by atoms with Crippen LogP contribution in [0.5, 0.6) is 0 Å². The molecule has 0 unspecified atom stereocenters. The number of benzene rings is 2. The van der Waals surface area contributed by atoms with Crippen molar-refractivity contribution < 1.29 is 17.9 Å². The van der Waals surface area contributed by atoms with Crippen LogP contribution in [-0.4, -0.2) is 44.9 Å². The van der Waals surface area contributed by atoms with E-state index in [0.29, 0.717) is 18.2 Å². The fourth-order valence-electron chi connectivity index (χ4n) is 2.91. The largest absolute Gasteiger partial charge is 0.379 e. The lowest BCUT2D eigenvalue weighted by Gasteiger charge is -2.26. The van der Waals surface area contributed by atoms with Gasteiger partial charge in [-0.1, -0.05) is 35.3 Å². The molecule has 0 bridgehead atoms. The first-order chi connectivity index (χ1) is 13.3. The highest BCUT2D eigenvalue weighted by Gasteiger charge is 2.29. The average molecular weight is 443 g/mol. The third-order valence-corrected chi connectivity index (χ3v) is 7.09. The number of hydrogen-bond acceptors (Lipinski definition) is 4. The summed E-state index contributed by atoms with van der Waals surface area (Å²) in [7, 11) is -3.81. The van der Waals surface area contributed by atoms with Crippen molar-refractivity contribution in [3.63, 3.8) is 0 Å². The van der Waals surface area contributed by atoms with Gasteiger partial charge in [0.1, 0.15) is 4.90 Å². The van der Waals surface area contributed by atoms with Crippen molar-refractivity contribution in [1.82, 2.24) is 9.62 Å². The Bertz CT molecular complexity index is 976. The Morgan fingerprint density at radius 1 is 1.14 bits per heavy atom. The van der Waals surface area contributed by atoms with E-state index in [2.05, 4.69) is 5.32 Å². The molecule has 6 nitrogen and oxygen atoms in total. The van der Waals surface area contributed by atoms with Crippen LogP contribution in [0.1, 0.15) is 28.9 Å². The molecule has 0 aliphatic carbocycles. The lowest BCUT2D eigenvalue weighted by molar-refractivity contribution is 0.0730. The third-order valence-electron chi connectivity index (χ3n) is 4.48. The number of nitrogens with one attached hydrogen (secondary N) is 1. The van der Waals surface area contributed by atoms with Gasteiger partial charge in [0.05, 0.1) is 24.3 Å². The van der Waals surface area contributed by atoms with Gasteiger partial charge in [-0.05, 0) is 42.8 Å². The zero-order chi connectivity index (χ0) is 20.3. The molecule has 2 aromatic carbocycles. The average Bonchev–Trinajstić information content (AvgIpc) is 2.68. The SMILES string of the molecule is C[C@H](NC(=O)c1ccc(Cl)c(S(=O)(=O)N2CCOCC2)c1)c1cccc(Cl)c1. The predicted molar refractivity (Wildman–Crippen MR) is 108 cm³/mol. The van der Waals surface area contributed by atoms with E-state index in [1.807, 2.05) is 13.0 Å². The summed E-state index contributed by atoms with van der Waals surface area (Å²) in [6.45, 7) is 2.98. The highest BCUT2D eigenvalue weighted by atomic mass is 35.5. The number of ether oxygens (including phenoxy) is 1. The lowest BCUT2D eigenvalue weighted by atomic mass is 10.1. The first-order valence-corrected chi connectivity index (χ1v) is 10.9. The smallest absolute Gasteiger partial charge is 0.251 e. The molecule has 0 spiro atoms. The summed E-state index contributed by atoms with van der Waals surface area (Å²) in [5.74, 6) is -0.400. The number of hydrogen-bond donors (Lipinski definition) is 1. The molecule has 0 radical (unpaired) electrons. The second-order valence-corrected chi connectivity index (χ2v) is 9.16. The van der Waals surface area contributed by atoms with Crippen LogP contribution in [-0.2, 0) is 14.8 Å². The minimum atomic E-state index is -3.81. The lowest BCUT2D eigenvalue weighted by Crippen LogP contribution is -2.40. The maximum atomic E-state index is 12.9. The Hall–Kier alpha value is -1.64. The Kier molecular flexibility index (Phi) is 6.62. The van der Waals surface area contributed by atoms with Crippen molar-refractivity contribution in [3.8, 4) is 0 Å². The van der Waals surface area contributed by atoms with E-state index >= 15 is 0 Å². The van der Waals surface area contributed by atoms with E-state index < -0.39 is 15.9 Å². The molecule has 1 amide bonds. The van der Waals surface area contributed by atoms with Crippen LogP contribution in [0, 0.1) is 0 Å². The molecule has 1 N–H and O–H groups in total. The van der Waals surface area contributed by atoms with Gasteiger partial charge >= 0.3 is 0 Å². The van der Waals surface area contributed by atoms with Crippen molar-refractivity contribution in [3.05, 3.63) is 63.6 Å². The molecule has 3 rings (SSSR count). The monoisotopic (exact) mass is 442 g/mol. The second kappa shape index (κ2) is 8.80. The molecule has 1 atom stereocenters. The zero-order valence-corrected chi connectivity index (χ0v) is 17.5. The summed E-state index contributed by atoms with van der Waals surface area (Å²) in [6.07, 6.45) is 0. The van der Waals surface area contributed by atoms with Gasteiger partial charge in [0, 0.05) is 23.7 Å². The Morgan fingerprint density at radius 3 is 2.54 bits per heavy atom. The van der Waals surface area contributed by atoms with E-state index in [1.165, 1.54) is 22.5 Å². The molecule has 1 fully saturated rings. The van der Waals surface area contributed by atoms with E-state index in [-0.39, 0.29) is 34.6 Å². The fourth-order valence-corrected chi connectivity index (χ4v) is 5.01. The van der Waals surface area contributed by atoms with Crippen LogP contribution >= 0.6 is 23.2 Å². The van der Waals surface area contributed by atoms with E-state index in [9.17, 15) is 13.2 Å². The molecular weight excluding hydrogens is 423 g/mol. The maximum Gasteiger partial charge on any atom is 0.251 e. The summed E-state index contributed by atoms with van der Waals surface area (Å²) in [4.78, 5) is 12.6. The molecule has 1 aliphatic heterocycles. The minimum absolute atomic E-state index is 0.0749. The number of morpholine rings is 1. The Morgan fingerprint density at radius 2 is 1.86 bits per heavy atom. The molecule has 28 heavy (non-hydrogen) atoms. The van der Waals surface area contributed by atoms with Gasteiger partial charge in [-0.2, -0.15) is 4.31 Å². The highest BCUT2D eigenvalue weighted by Crippen LogP contribution is 2.27. The number of halogens is 2.